The number of halogens is 2. The van der Waals surface area contributed by atoms with Crippen LogP contribution in [0.25, 0.3) is 11.2 Å². The topological polar surface area (TPSA) is 153 Å². The van der Waals surface area contributed by atoms with Crippen molar-refractivity contribution in [2.75, 3.05) is 26.1 Å². The Morgan fingerprint density at radius 2 is 1.82 bits per heavy atom. The molecule has 5 rings (SSSR count). The van der Waals surface area contributed by atoms with Gasteiger partial charge in [-0.2, -0.15) is 0 Å². The SMILES string of the molecule is COc1ccc(CNc2ncnc3c2ncn3[C@@H]2O[C@H](CO)[C@@H](O)[C@H]2NC(=O)c2cc(Cl)cc(Cl)c2)cc1OC. The number of aliphatic hydroxyl groups excluding tert-OH is 2. The third kappa shape index (κ3) is 5.49. The molecule has 4 aromatic rings. The van der Waals surface area contributed by atoms with Crippen LogP contribution in [0.4, 0.5) is 5.82 Å². The molecule has 0 bridgehead atoms. The molecule has 1 aliphatic rings. The number of nitrogens with one attached hydrogen (secondary N) is 2. The maximum Gasteiger partial charge on any atom is 0.251 e. The summed E-state index contributed by atoms with van der Waals surface area (Å²) in [5, 5.41) is 27.3. The molecule has 0 spiro atoms. The molecule has 2 aromatic heterocycles. The minimum atomic E-state index is -1.23. The average Bonchev–Trinajstić information content (AvgIpc) is 3.52. The number of imidazole rings is 1. The van der Waals surface area contributed by atoms with Gasteiger partial charge in [0.05, 0.1) is 27.2 Å². The van der Waals surface area contributed by atoms with Gasteiger partial charge in [0.25, 0.3) is 5.91 Å². The number of carbonyl (C=O) groups is 1. The molecule has 3 heterocycles. The van der Waals surface area contributed by atoms with Gasteiger partial charge in [0, 0.05) is 22.2 Å². The van der Waals surface area contributed by atoms with Crippen LogP contribution in [0.5, 0.6) is 11.5 Å². The first-order chi connectivity index (χ1) is 19.3. The van der Waals surface area contributed by atoms with E-state index in [-0.39, 0.29) is 15.6 Å². The molecule has 4 N–H and O–H groups in total. The predicted octanol–water partition coefficient (Wildman–Crippen LogP) is 2.81. The molecule has 1 amide bonds. The third-order valence-electron chi connectivity index (χ3n) is 6.51. The van der Waals surface area contributed by atoms with Crippen LogP contribution < -0.4 is 20.1 Å². The number of hydrogen-bond donors (Lipinski definition) is 4. The first-order valence-corrected chi connectivity index (χ1v) is 12.9. The molecular weight excluding hydrogens is 563 g/mol. The molecule has 40 heavy (non-hydrogen) atoms. The number of fused-ring (bicyclic) bond motifs is 1. The molecule has 0 saturated carbocycles. The van der Waals surface area contributed by atoms with Crippen LogP contribution in [0.1, 0.15) is 22.1 Å². The third-order valence-corrected chi connectivity index (χ3v) is 6.95. The Balaban J connectivity index is 1.41. The number of anilines is 1. The number of ether oxygens (including phenoxy) is 3. The normalized spacial score (nSPS) is 20.4. The van der Waals surface area contributed by atoms with Gasteiger partial charge >= 0.3 is 0 Å². The maximum absolute atomic E-state index is 13.0. The van der Waals surface area contributed by atoms with Crippen molar-refractivity contribution >= 4 is 46.1 Å². The molecule has 1 fully saturated rings. The highest BCUT2D eigenvalue weighted by Crippen LogP contribution is 2.33. The summed E-state index contributed by atoms with van der Waals surface area (Å²) >= 11 is 12.1. The van der Waals surface area contributed by atoms with Crippen molar-refractivity contribution in [3.63, 3.8) is 0 Å². The van der Waals surface area contributed by atoms with E-state index >= 15 is 0 Å². The van der Waals surface area contributed by atoms with E-state index in [1.54, 1.807) is 18.8 Å². The zero-order valence-corrected chi connectivity index (χ0v) is 22.9. The molecule has 12 nitrogen and oxygen atoms in total. The Kier molecular flexibility index (Phi) is 8.24. The molecule has 0 radical (unpaired) electrons. The van der Waals surface area contributed by atoms with E-state index in [0.29, 0.717) is 35.0 Å². The number of nitrogens with zero attached hydrogens (tertiary/aromatic N) is 4. The van der Waals surface area contributed by atoms with Gasteiger partial charge in [-0.3, -0.25) is 9.36 Å². The summed E-state index contributed by atoms with van der Waals surface area (Å²) in [6.07, 6.45) is -0.276. The number of carbonyl (C=O) groups excluding carboxylic acids is 1. The van der Waals surface area contributed by atoms with Crippen molar-refractivity contribution in [1.29, 1.82) is 0 Å². The van der Waals surface area contributed by atoms with Crippen molar-refractivity contribution in [2.24, 2.45) is 0 Å². The van der Waals surface area contributed by atoms with Gasteiger partial charge in [0.15, 0.2) is 34.7 Å². The first kappa shape index (κ1) is 27.9. The summed E-state index contributed by atoms with van der Waals surface area (Å²) in [6, 6.07) is 9.02. The minimum Gasteiger partial charge on any atom is -0.493 e. The fraction of sp³-hybridized carbons (Fsp3) is 0.308. The van der Waals surface area contributed by atoms with Gasteiger partial charge < -0.3 is 35.1 Å². The number of methoxy groups -OCH3 is 2. The molecule has 0 unspecified atom stereocenters. The van der Waals surface area contributed by atoms with Crippen molar-refractivity contribution in [3.8, 4) is 11.5 Å². The second-order valence-electron chi connectivity index (χ2n) is 8.98. The molecular formula is C26H26Cl2N6O6. The van der Waals surface area contributed by atoms with Crippen LogP contribution in [0, 0.1) is 0 Å². The van der Waals surface area contributed by atoms with Crippen LogP contribution in [0.3, 0.4) is 0 Å². The smallest absolute Gasteiger partial charge is 0.251 e. The van der Waals surface area contributed by atoms with E-state index in [2.05, 4.69) is 25.6 Å². The van der Waals surface area contributed by atoms with E-state index in [4.69, 9.17) is 37.4 Å². The van der Waals surface area contributed by atoms with Gasteiger partial charge in [0.1, 0.15) is 24.6 Å². The van der Waals surface area contributed by atoms with E-state index < -0.39 is 37.0 Å². The fourth-order valence-electron chi connectivity index (χ4n) is 4.55. The predicted molar refractivity (Wildman–Crippen MR) is 147 cm³/mol. The maximum atomic E-state index is 13.0. The number of benzene rings is 2. The van der Waals surface area contributed by atoms with E-state index in [9.17, 15) is 15.0 Å². The number of rotatable bonds is 9. The van der Waals surface area contributed by atoms with Gasteiger partial charge in [-0.05, 0) is 35.9 Å². The molecule has 14 heteroatoms. The summed E-state index contributed by atoms with van der Waals surface area (Å²) in [5.74, 6) is 1.15. The zero-order valence-electron chi connectivity index (χ0n) is 21.4. The van der Waals surface area contributed by atoms with E-state index in [0.717, 1.165) is 5.56 Å². The average molecular weight is 589 g/mol. The summed E-state index contributed by atoms with van der Waals surface area (Å²) in [6.45, 7) is -0.0573. The van der Waals surface area contributed by atoms with E-state index in [1.165, 1.54) is 30.9 Å². The van der Waals surface area contributed by atoms with E-state index in [1.807, 2.05) is 18.2 Å². The Morgan fingerprint density at radius 3 is 2.52 bits per heavy atom. The Morgan fingerprint density at radius 1 is 1.07 bits per heavy atom. The van der Waals surface area contributed by atoms with Gasteiger partial charge in [-0.15, -0.1) is 0 Å². The van der Waals surface area contributed by atoms with Gasteiger partial charge in [-0.1, -0.05) is 29.3 Å². The quantitative estimate of drug-likeness (QED) is 0.229. The second-order valence-corrected chi connectivity index (χ2v) is 9.86. The lowest BCUT2D eigenvalue weighted by atomic mass is 10.1. The van der Waals surface area contributed by atoms with Crippen molar-refractivity contribution in [2.45, 2.75) is 31.0 Å². The summed E-state index contributed by atoms with van der Waals surface area (Å²) in [5.41, 5.74) is 1.96. The van der Waals surface area contributed by atoms with Crippen LogP contribution in [0.15, 0.2) is 49.1 Å². The molecule has 4 atom stereocenters. The van der Waals surface area contributed by atoms with Crippen molar-refractivity contribution in [1.82, 2.24) is 24.8 Å². The fourth-order valence-corrected chi connectivity index (χ4v) is 5.08. The highest BCUT2D eigenvalue weighted by atomic mass is 35.5. The Labute approximate surface area is 238 Å². The lowest BCUT2D eigenvalue weighted by Gasteiger charge is -2.23. The second kappa shape index (κ2) is 11.8. The molecule has 1 saturated heterocycles. The van der Waals surface area contributed by atoms with Gasteiger partial charge in [-0.25, -0.2) is 15.0 Å². The lowest BCUT2D eigenvalue weighted by molar-refractivity contribution is -0.0440. The van der Waals surface area contributed by atoms with Crippen LogP contribution in [-0.4, -0.2) is 74.7 Å². The standard InChI is InChI=1S/C26H26Cl2N6O6/c1-38-17-4-3-13(5-18(17)39-2)9-29-23-21-24(31-11-30-23)34(12-32-21)26-20(22(36)19(10-35)40-26)33-25(37)14-6-15(27)8-16(28)7-14/h3-8,11-12,19-20,22,26,35-36H,9-10H2,1-2H3,(H,33,37)(H,29,30,31)/t19-,20-,22-,26-/m1/s1. The largest absolute Gasteiger partial charge is 0.493 e. The van der Waals surface area contributed by atoms with Gasteiger partial charge in [0.2, 0.25) is 0 Å². The zero-order chi connectivity index (χ0) is 28.4. The summed E-state index contributed by atoms with van der Waals surface area (Å²) < 4.78 is 18.2. The van der Waals surface area contributed by atoms with Crippen molar-refractivity contribution in [3.05, 3.63) is 70.2 Å². The molecule has 210 valence electrons. The summed E-state index contributed by atoms with van der Waals surface area (Å²) in [7, 11) is 3.14. The first-order valence-electron chi connectivity index (χ1n) is 12.2. The summed E-state index contributed by atoms with van der Waals surface area (Å²) in [4.78, 5) is 26.2. The number of aliphatic hydroxyl groups is 2. The van der Waals surface area contributed by atoms with Crippen LogP contribution in [-0.2, 0) is 11.3 Å². The van der Waals surface area contributed by atoms with Crippen molar-refractivity contribution < 1.29 is 29.2 Å². The molecule has 1 aliphatic heterocycles. The molecule has 2 aromatic carbocycles. The molecule has 0 aliphatic carbocycles. The number of aromatic nitrogens is 4. The van der Waals surface area contributed by atoms with Crippen LogP contribution >= 0.6 is 23.2 Å². The monoisotopic (exact) mass is 588 g/mol. The minimum absolute atomic E-state index is 0.204. The Hall–Kier alpha value is -3.68. The number of amides is 1. The highest BCUT2D eigenvalue weighted by molar-refractivity contribution is 6.35. The van der Waals surface area contributed by atoms with Crippen LogP contribution in [0.2, 0.25) is 10.0 Å². The Bertz CT molecular complexity index is 1510. The number of hydrogen-bond acceptors (Lipinski definition) is 10. The lowest BCUT2D eigenvalue weighted by Crippen LogP contribution is -2.46. The highest BCUT2D eigenvalue weighted by Gasteiger charge is 2.46.